The molecule has 1 aromatic heterocycles. The van der Waals surface area contributed by atoms with Crippen molar-refractivity contribution in [1.82, 2.24) is 10.2 Å². The third-order valence-electron chi connectivity index (χ3n) is 2.07. The van der Waals surface area contributed by atoms with Gasteiger partial charge in [-0.2, -0.15) is 5.10 Å². The highest BCUT2D eigenvalue weighted by Gasteiger charge is 2.12. The molecule has 2 aromatic rings. The summed E-state index contributed by atoms with van der Waals surface area (Å²) in [5.74, 6) is 0.214. The average Bonchev–Trinajstić information content (AvgIpc) is 2.68. The van der Waals surface area contributed by atoms with Crippen LogP contribution < -0.4 is 10.5 Å². The van der Waals surface area contributed by atoms with Crippen LogP contribution >= 0.6 is 0 Å². The molecule has 0 bridgehead atoms. The van der Waals surface area contributed by atoms with E-state index in [2.05, 4.69) is 14.9 Å². The van der Waals surface area contributed by atoms with Gasteiger partial charge in [0.2, 0.25) is 10.0 Å². The summed E-state index contributed by atoms with van der Waals surface area (Å²) in [5, 5.41) is 6.18. The van der Waals surface area contributed by atoms with Crippen molar-refractivity contribution in [3.63, 3.8) is 0 Å². The first-order chi connectivity index (χ1) is 8.05. The number of aromatic amines is 1. The van der Waals surface area contributed by atoms with Crippen molar-refractivity contribution in [1.29, 1.82) is 0 Å². The van der Waals surface area contributed by atoms with Crippen molar-refractivity contribution in [2.45, 2.75) is 5.75 Å². The van der Waals surface area contributed by atoms with E-state index in [1.165, 1.54) is 12.3 Å². The summed E-state index contributed by atoms with van der Waals surface area (Å²) in [6.07, 6.45) is 1.47. The number of sulfonamides is 1. The van der Waals surface area contributed by atoms with Gasteiger partial charge in [-0.15, -0.1) is 0 Å². The Morgan fingerprint density at radius 1 is 1.35 bits per heavy atom. The molecule has 7 heteroatoms. The van der Waals surface area contributed by atoms with E-state index in [0.717, 1.165) is 0 Å². The first-order valence-corrected chi connectivity index (χ1v) is 6.55. The molecule has 0 spiro atoms. The number of hydrogen-bond acceptors (Lipinski definition) is 4. The molecule has 6 nitrogen and oxygen atoms in total. The molecule has 0 saturated carbocycles. The molecule has 90 valence electrons. The van der Waals surface area contributed by atoms with Crippen LogP contribution in [0.25, 0.3) is 0 Å². The highest BCUT2D eigenvalue weighted by Crippen LogP contribution is 2.12. The van der Waals surface area contributed by atoms with Crippen molar-refractivity contribution in [2.24, 2.45) is 0 Å². The van der Waals surface area contributed by atoms with Crippen LogP contribution in [0.1, 0.15) is 5.56 Å². The Morgan fingerprint density at radius 3 is 2.82 bits per heavy atom. The van der Waals surface area contributed by atoms with Crippen molar-refractivity contribution >= 4 is 21.5 Å². The number of hydrogen-bond donors (Lipinski definition) is 3. The highest BCUT2D eigenvalue weighted by atomic mass is 32.2. The monoisotopic (exact) mass is 252 g/mol. The molecule has 0 saturated heterocycles. The normalized spacial score (nSPS) is 11.3. The molecule has 0 radical (unpaired) electrons. The number of H-pyrrole nitrogens is 1. The van der Waals surface area contributed by atoms with Gasteiger partial charge in [-0.05, 0) is 17.7 Å². The summed E-state index contributed by atoms with van der Waals surface area (Å²) in [4.78, 5) is 0. The summed E-state index contributed by atoms with van der Waals surface area (Å²) in [7, 11) is -3.45. The molecule has 0 aliphatic heterocycles. The third-order valence-corrected chi connectivity index (χ3v) is 3.32. The molecule has 0 aliphatic rings. The fraction of sp³-hybridized carbons (Fsp3) is 0.100. The van der Waals surface area contributed by atoms with Crippen LogP contribution in [0.5, 0.6) is 0 Å². The minimum absolute atomic E-state index is 0.128. The molecule has 0 atom stereocenters. The zero-order valence-electron chi connectivity index (χ0n) is 8.92. The number of nitrogens with one attached hydrogen (secondary N) is 2. The van der Waals surface area contributed by atoms with E-state index >= 15 is 0 Å². The smallest absolute Gasteiger partial charge is 0.238 e. The van der Waals surface area contributed by atoms with Crippen molar-refractivity contribution in [3.05, 3.63) is 42.1 Å². The summed E-state index contributed by atoms with van der Waals surface area (Å²) in [6.45, 7) is 0. The average molecular weight is 252 g/mol. The lowest BCUT2D eigenvalue weighted by Gasteiger charge is -2.06. The van der Waals surface area contributed by atoms with E-state index < -0.39 is 10.0 Å². The molecular weight excluding hydrogens is 240 g/mol. The van der Waals surface area contributed by atoms with Gasteiger partial charge in [-0.1, -0.05) is 12.1 Å². The van der Waals surface area contributed by atoms with E-state index in [1.807, 2.05) is 0 Å². The van der Waals surface area contributed by atoms with E-state index in [0.29, 0.717) is 17.1 Å². The van der Waals surface area contributed by atoms with Gasteiger partial charge in [0.05, 0.1) is 11.9 Å². The minimum atomic E-state index is -3.45. The van der Waals surface area contributed by atoms with Gasteiger partial charge in [0.1, 0.15) is 5.82 Å². The predicted octanol–water partition coefficient (Wildman–Crippen LogP) is 0.934. The molecule has 0 unspecified atom stereocenters. The van der Waals surface area contributed by atoms with Crippen LogP contribution in [0, 0.1) is 0 Å². The lowest BCUT2D eigenvalue weighted by Crippen LogP contribution is -2.15. The number of nitrogens with zero attached hydrogens (tertiary/aromatic N) is 1. The van der Waals surface area contributed by atoms with E-state index in [1.54, 1.807) is 24.3 Å². The Bertz CT molecular complexity index is 593. The Hall–Kier alpha value is -2.02. The summed E-state index contributed by atoms with van der Waals surface area (Å²) in [5.41, 5.74) is 6.76. The highest BCUT2D eigenvalue weighted by molar-refractivity contribution is 7.91. The molecule has 0 fully saturated rings. The molecule has 2 rings (SSSR count). The largest absolute Gasteiger partial charge is 0.399 e. The Kier molecular flexibility index (Phi) is 3.01. The summed E-state index contributed by atoms with van der Waals surface area (Å²) < 4.78 is 25.9. The fourth-order valence-corrected chi connectivity index (χ4v) is 2.56. The van der Waals surface area contributed by atoms with Crippen LogP contribution in [-0.4, -0.2) is 18.6 Å². The third kappa shape index (κ3) is 3.22. The van der Waals surface area contributed by atoms with E-state index in [-0.39, 0.29) is 5.75 Å². The lowest BCUT2D eigenvalue weighted by atomic mass is 10.2. The molecular formula is C10H12N4O2S. The molecule has 0 amide bonds. The second-order valence-electron chi connectivity index (χ2n) is 3.58. The topological polar surface area (TPSA) is 101 Å². The lowest BCUT2D eigenvalue weighted by molar-refractivity contribution is 0.600. The van der Waals surface area contributed by atoms with E-state index in [4.69, 9.17) is 5.73 Å². The maximum absolute atomic E-state index is 11.8. The van der Waals surface area contributed by atoms with Gasteiger partial charge < -0.3 is 5.73 Å². The van der Waals surface area contributed by atoms with Gasteiger partial charge in [-0.3, -0.25) is 9.82 Å². The number of rotatable bonds is 4. The number of anilines is 2. The molecule has 1 heterocycles. The number of benzene rings is 1. The van der Waals surface area contributed by atoms with Crippen LogP contribution in [0.15, 0.2) is 36.5 Å². The maximum atomic E-state index is 11.8. The second-order valence-corrected chi connectivity index (χ2v) is 5.30. The molecule has 0 aliphatic carbocycles. The van der Waals surface area contributed by atoms with Crippen molar-refractivity contribution in [2.75, 3.05) is 10.5 Å². The minimum Gasteiger partial charge on any atom is -0.399 e. The molecule has 4 N–H and O–H groups in total. The summed E-state index contributed by atoms with van der Waals surface area (Å²) in [6, 6.07) is 8.31. The second kappa shape index (κ2) is 4.46. The number of nitrogens with two attached hydrogens (primary N) is 1. The Morgan fingerprint density at radius 2 is 2.18 bits per heavy atom. The van der Waals surface area contributed by atoms with Gasteiger partial charge in [0, 0.05) is 11.8 Å². The van der Waals surface area contributed by atoms with Crippen LogP contribution in [0.4, 0.5) is 11.5 Å². The zero-order chi connectivity index (χ0) is 12.3. The Balaban J connectivity index is 2.12. The summed E-state index contributed by atoms with van der Waals surface area (Å²) >= 11 is 0. The van der Waals surface area contributed by atoms with Gasteiger partial charge in [-0.25, -0.2) is 8.42 Å². The quantitative estimate of drug-likeness (QED) is 0.705. The number of nitrogen functional groups attached to an aromatic ring is 1. The fourth-order valence-electron chi connectivity index (χ4n) is 1.42. The van der Waals surface area contributed by atoms with Gasteiger partial charge in [0.15, 0.2) is 0 Å². The first kappa shape index (κ1) is 11.5. The SMILES string of the molecule is Nc1cccc(CS(=O)(=O)Nc2ccn[nH]2)c1. The Labute approximate surface area is 98.9 Å². The van der Waals surface area contributed by atoms with Crippen molar-refractivity contribution in [3.8, 4) is 0 Å². The predicted molar refractivity (Wildman–Crippen MR) is 65.7 cm³/mol. The van der Waals surface area contributed by atoms with Crippen LogP contribution in [0.3, 0.4) is 0 Å². The van der Waals surface area contributed by atoms with E-state index in [9.17, 15) is 8.42 Å². The maximum Gasteiger partial charge on any atom is 0.238 e. The van der Waals surface area contributed by atoms with Crippen molar-refractivity contribution < 1.29 is 8.42 Å². The van der Waals surface area contributed by atoms with Gasteiger partial charge in [0.25, 0.3) is 0 Å². The van der Waals surface area contributed by atoms with Crippen LogP contribution in [0.2, 0.25) is 0 Å². The van der Waals surface area contributed by atoms with Gasteiger partial charge >= 0.3 is 0 Å². The standard InChI is InChI=1S/C10H12N4O2S/c11-9-3-1-2-8(6-9)7-17(15,16)14-10-4-5-12-13-10/h1-6H,7,11H2,(H2,12,13,14). The molecule has 1 aromatic carbocycles. The molecule has 17 heavy (non-hydrogen) atoms. The first-order valence-electron chi connectivity index (χ1n) is 4.89. The van der Waals surface area contributed by atoms with Crippen LogP contribution in [-0.2, 0) is 15.8 Å². The zero-order valence-corrected chi connectivity index (χ0v) is 9.74. The number of aromatic nitrogens is 2.